The maximum absolute atomic E-state index is 12.1. The van der Waals surface area contributed by atoms with Gasteiger partial charge in [-0.25, -0.2) is 5.43 Å². The van der Waals surface area contributed by atoms with E-state index in [2.05, 4.69) is 20.7 Å². The second kappa shape index (κ2) is 11.0. The third kappa shape index (κ3) is 5.88. The molecule has 1 amide bonds. The van der Waals surface area contributed by atoms with Gasteiger partial charge in [-0.15, -0.1) is 10.2 Å². The van der Waals surface area contributed by atoms with Crippen LogP contribution in [-0.4, -0.2) is 37.6 Å². The Morgan fingerprint density at radius 1 is 1.22 bits per heavy atom. The molecule has 1 heterocycles. The first-order valence-electron chi connectivity index (χ1n) is 9.84. The Morgan fingerprint density at radius 3 is 2.69 bits per heavy atom. The number of aryl methyl sites for hydroxylation is 1. The van der Waals surface area contributed by atoms with Gasteiger partial charge in [0, 0.05) is 24.4 Å². The zero-order chi connectivity index (χ0) is 22.9. The van der Waals surface area contributed by atoms with Crippen molar-refractivity contribution in [3.63, 3.8) is 0 Å². The van der Waals surface area contributed by atoms with Gasteiger partial charge in [-0.1, -0.05) is 53.7 Å². The summed E-state index contributed by atoms with van der Waals surface area (Å²) in [6.07, 6.45) is 4.44. The summed E-state index contributed by atoms with van der Waals surface area (Å²) in [5, 5.41) is 24.0. The molecule has 10 heteroatoms. The van der Waals surface area contributed by atoms with Crippen molar-refractivity contribution in [2.75, 3.05) is 5.75 Å². The molecule has 164 valence electrons. The summed E-state index contributed by atoms with van der Waals surface area (Å²) in [6.45, 7) is 4.70. The Balaban J connectivity index is 1.54. The third-order valence-electron chi connectivity index (χ3n) is 4.43. The predicted molar refractivity (Wildman–Crippen MR) is 125 cm³/mol. The summed E-state index contributed by atoms with van der Waals surface area (Å²) >= 11 is 1.27. The van der Waals surface area contributed by atoms with E-state index in [4.69, 9.17) is 0 Å². The molecule has 0 aliphatic rings. The highest BCUT2D eigenvalue weighted by Gasteiger charge is 2.14. The van der Waals surface area contributed by atoms with E-state index in [1.807, 2.05) is 42.7 Å². The molecule has 2 aromatic carbocycles. The van der Waals surface area contributed by atoms with E-state index in [0.717, 1.165) is 11.4 Å². The van der Waals surface area contributed by atoms with Gasteiger partial charge in [0.25, 0.3) is 11.6 Å². The first-order chi connectivity index (χ1) is 15.5. The number of carbonyl (C=O) groups is 1. The standard InChI is InChI=1S/C22H22N6O3S/c1-3-27-21(18-12-10-16(2)11-13-18)25-26-22(27)32-15-20(29)24-23-14-6-8-17-7-4-5-9-19(17)28(30)31/h4-14H,3,15H2,1-2H3,(H,24,29)/b8-6-,23-14+. The molecule has 0 unspecified atom stereocenters. The first kappa shape index (κ1) is 22.9. The fourth-order valence-corrected chi connectivity index (χ4v) is 3.65. The molecule has 0 saturated carbocycles. The van der Waals surface area contributed by atoms with E-state index >= 15 is 0 Å². The Morgan fingerprint density at radius 2 is 1.97 bits per heavy atom. The van der Waals surface area contributed by atoms with Crippen LogP contribution in [-0.2, 0) is 11.3 Å². The maximum Gasteiger partial charge on any atom is 0.276 e. The number of para-hydroxylation sites is 1. The molecule has 0 bridgehead atoms. The zero-order valence-corrected chi connectivity index (χ0v) is 18.5. The van der Waals surface area contributed by atoms with E-state index in [1.54, 1.807) is 24.3 Å². The van der Waals surface area contributed by atoms with E-state index in [9.17, 15) is 14.9 Å². The Kier molecular flexibility index (Phi) is 7.87. The molecule has 3 aromatic rings. The fraction of sp³-hybridized carbons (Fsp3) is 0.182. The van der Waals surface area contributed by atoms with Crippen LogP contribution in [0.4, 0.5) is 5.69 Å². The zero-order valence-electron chi connectivity index (χ0n) is 17.6. The largest absolute Gasteiger partial charge is 0.302 e. The molecule has 1 N–H and O–H groups in total. The van der Waals surface area contributed by atoms with E-state index < -0.39 is 4.92 Å². The van der Waals surface area contributed by atoms with Crippen LogP contribution >= 0.6 is 11.8 Å². The number of hydrogen-bond donors (Lipinski definition) is 1. The second-order valence-corrected chi connectivity index (χ2v) is 7.64. The van der Waals surface area contributed by atoms with Crippen LogP contribution in [0.5, 0.6) is 0 Å². The predicted octanol–water partition coefficient (Wildman–Crippen LogP) is 4.09. The number of hydrogen-bond acceptors (Lipinski definition) is 7. The van der Waals surface area contributed by atoms with Crippen LogP contribution in [0.15, 0.2) is 64.9 Å². The van der Waals surface area contributed by atoms with Gasteiger partial charge in [0.1, 0.15) is 0 Å². The van der Waals surface area contributed by atoms with Crippen LogP contribution in [0.3, 0.4) is 0 Å². The Labute approximate surface area is 189 Å². The van der Waals surface area contributed by atoms with E-state index in [0.29, 0.717) is 17.3 Å². The number of carbonyl (C=O) groups excluding carboxylic acids is 1. The maximum atomic E-state index is 12.1. The molecule has 1 aromatic heterocycles. The summed E-state index contributed by atoms with van der Waals surface area (Å²) in [5.41, 5.74) is 5.02. The Bertz CT molecular complexity index is 1150. The molecular weight excluding hydrogens is 428 g/mol. The van der Waals surface area contributed by atoms with Crippen molar-refractivity contribution in [2.45, 2.75) is 25.5 Å². The number of nitro groups is 1. The van der Waals surface area contributed by atoms with Crippen molar-refractivity contribution in [3.8, 4) is 11.4 Å². The van der Waals surface area contributed by atoms with Gasteiger partial charge in [0.05, 0.1) is 16.2 Å². The third-order valence-corrected chi connectivity index (χ3v) is 5.40. The SMILES string of the molecule is CCn1c(SCC(=O)N/N=C/C=C\c2ccccc2[N+](=O)[O-])nnc1-c1ccc(C)cc1. The molecule has 0 atom stereocenters. The molecule has 0 saturated heterocycles. The number of hydrazone groups is 1. The van der Waals surface area contributed by atoms with Crippen LogP contribution in [0.2, 0.25) is 0 Å². The number of allylic oxidation sites excluding steroid dienone is 1. The van der Waals surface area contributed by atoms with Gasteiger partial charge in [-0.3, -0.25) is 14.9 Å². The van der Waals surface area contributed by atoms with Crippen LogP contribution < -0.4 is 5.43 Å². The summed E-state index contributed by atoms with van der Waals surface area (Å²) in [6, 6.07) is 14.4. The summed E-state index contributed by atoms with van der Waals surface area (Å²) < 4.78 is 1.96. The van der Waals surface area contributed by atoms with Gasteiger partial charge in [-0.05, 0) is 32.1 Å². The first-order valence-corrected chi connectivity index (χ1v) is 10.8. The fourth-order valence-electron chi connectivity index (χ4n) is 2.85. The number of thioether (sulfide) groups is 1. The second-order valence-electron chi connectivity index (χ2n) is 6.69. The minimum atomic E-state index is -0.449. The molecule has 0 fully saturated rings. The number of amides is 1. The molecule has 0 aliphatic heterocycles. The quantitative estimate of drug-likeness (QED) is 0.227. The molecular formula is C22H22N6O3S. The molecule has 0 spiro atoms. The number of nitrogens with zero attached hydrogens (tertiary/aromatic N) is 5. The number of aromatic nitrogens is 3. The van der Waals surface area contributed by atoms with E-state index in [1.165, 1.54) is 35.7 Å². The van der Waals surface area contributed by atoms with Crippen molar-refractivity contribution < 1.29 is 9.72 Å². The lowest BCUT2D eigenvalue weighted by atomic mass is 10.1. The number of rotatable bonds is 9. The highest BCUT2D eigenvalue weighted by Crippen LogP contribution is 2.24. The molecule has 9 nitrogen and oxygen atoms in total. The minimum Gasteiger partial charge on any atom is -0.302 e. The number of nitro benzene ring substituents is 1. The highest BCUT2D eigenvalue weighted by atomic mass is 32.2. The normalized spacial score (nSPS) is 11.3. The average Bonchev–Trinajstić information content (AvgIpc) is 3.21. The van der Waals surface area contributed by atoms with Gasteiger partial charge in [-0.2, -0.15) is 5.10 Å². The van der Waals surface area contributed by atoms with Gasteiger partial charge < -0.3 is 4.57 Å². The van der Waals surface area contributed by atoms with Crippen LogP contribution in [0.25, 0.3) is 17.5 Å². The molecule has 32 heavy (non-hydrogen) atoms. The lowest BCUT2D eigenvalue weighted by Crippen LogP contribution is -2.19. The lowest BCUT2D eigenvalue weighted by molar-refractivity contribution is -0.385. The van der Waals surface area contributed by atoms with Crippen LogP contribution in [0, 0.1) is 17.0 Å². The number of nitrogens with one attached hydrogen (secondary N) is 1. The highest BCUT2D eigenvalue weighted by molar-refractivity contribution is 7.99. The van der Waals surface area contributed by atoms with Crippen LogP contribution in [0.1, 0.15) is 18.1 Å². The van der Waals surface area contributed by atoms with Crippen molar-refractivity contribution in [3.05, 3.63) is 75.8 Å². The van der Waals surface area contributed by atoms with Gasteiger partial charge in [0.2, 0.25) is 0 Å². The number of benzene rings is 2. The monoisotopic (exact) mass is 450 g/mol. The van der Waals surface area contributed by atoms with Crippen molar-refractivity contribution >= 4 is 35.6 Å². The smallest absolute Gasteiger partial charge is 0.276 e. The average molecular weight is 451 g/mol. The topological polar surface area (TPSA) is 115 Å². The minimum absolute atomic E-state index is 0.00243. The molecule has 0 radical (unpaired) electrons. The van der Waals surface area contributed by atoms with Gasteiger partial charge >= 0.3 is 0 Å². The summed E-state index contributed by atoms with van der Waals surface area (Å²) in [7, 11) is 0. The van der Waals surface area contributed by atoms with E-state index in [-0.39, 0.29) is 17.3 Å². The molecule has 0 aliphatic carbocycles. The van der Waals surface area contributed by atoms with Crippen molar-refractivity contribution in [1.82, 2.24) is 20.2 Å². The lowest BCUT2D eigenvalue weighted by Gasteiger charge is -2.07. The van der Waals surface area contributed by atoms with Crippen molar-refractivity contribution in [1.29, 1.82) is 0 Å². The Hall–Kier alpha value is -3.79. The molecule has 3 rings (SSSR count). The van der Waals surface area contributed by atoms with Gasteiger partial charge in [0.15, 0.2) is 11.0 Å². The summed E-state index contributed by atoms with van der Waals surface area (Å²) in [4.78, 5) is 22.6. The van der Waals surface area contributed by atoms with Crippen molar-refractivity contribution in [2.24, 2.45) is 5.10 Å². The summed E-state index contributed by atoms with van der Waals surface area (Å²) in [5.74, 6) is 0.582.